The second kappa shape index (κ2) is 3.21. The van der Waals surface area contributed by atoms with Gasteiger partial charge in [0.05, 0.1) is 0 Å². The van der Waals surface area contributed by atoms with Crippen LogP contribution in [0.25, 0.3) is 0 Å². The molecule has 1 fully saturated rings. The zero-order chi connectivity index (χ0) is 9.14. The van der Waals surface area contributed by atoms with Crippen LogP contribution in [0.5, 0.6) is 0 Å². The lowest BCUT2D eigenvalue weighted by atomic mass is 10.1. The molecule has 1 heterocycles. The Labute approximate surface area is 67.9 Å². The van der Waals surface area contributed by atoms with Crippen LogP contribution in [0.15, 0.2) is 0 Å². The molecule has 6 nitrogen and oxygen atoms in total. The molecule has 0 unspecified atom stereocenters. The molecule has 0 saturated carbocycles. The Balaban J connectivity index is 2.38. The Morgan fingerprint density at radius 2 is 2.17 bits per heavy atom. The molecular weight excluding hydrogens is 164 g/mol. The highest BCUT2D eigenvalue weighted by molar-refractivity contribution is 6.04. The third-order valence-corrected chi connectivity index (χ3v) is 1.51. The van der Waals surface area contributed by atoms with Crippen molar-refractivity contribution in [1.29, 1.82) is 0 Å². The van der Waals surface area contributed by atoms with Crippen molar-refractivity contribution in [2.24, 2.45) is 0 Å². The van der Waals surface area contributed by atoms with Crippen LogP contribution in [0.4, 0.5) is 4.79 Å². The fourth-order valence-electron chi connectivity index (χ4n) is 0.930. The summed E-state index contributed by atoms with van der Waals surface area (Å²) in [5.41, 5.74) is 0. The summed E-state index contributed by atoms with van der Waals surface area (Å²) in [4.78, 5) is 31.4. The molecule has 1 saturated heterocycles. The Kier molecular flexibility index (Phi) is 2.27. The number of amides is 3. The molecular formula is C6H8N2O4. The number of rotatable bonds is 3. The number of carbonyl (C=O) groups excluding carboxylic acids is 2. The van der Waals surface area contributed by atoms with Gasteiger partial charge in [0.2, 0.25) is 0 Å². The standard InChI is InChI=1S/C6H8N2O4/c9-4(10)2-1-3-5(11)8-6(12)7-3/h3H,1-2H2,(H,9,10)(H2,7,8,11,12)/t3-/m0/s1. The van der Waals surface area contributed by atoms with Gasteiger partial charge in [-0.3, -0.25) is 14.9 Å². The van der Waals surface area contributed by atoms with Gasteiger partial charge < -0.3 is 10.4 Å². The lowest BCUT2D eigenvalue weighted by Gasteiger charge is -2.02. The third-order valence-electron chi connectivity index (χ3n) is 1.51. The SMILES string of the molecule is O=C(O)CC[C@@H]1NC(=O)NC1=O. The fraction of sp³-hybridized carbons (Fsp3) is 0.500. The van der Waals surface area contributed by atoms with Crippen molar-refractivity contribution in [3.05, 3.63) is 0 Å². The molecule has 0 aliphatic carbocycles. The molecule has 1 aliphatic rings. The predicted octanol–water partition coefficient (Wildman–Crippen LogP) is -0.941. The van der Waals surface area contributed by atoms with Crippen LogP contribution < -0.4 is 10.6 Å². The Morgan fingerprint density at radius 1 is 1.50 bits per heavy atom. The Bertz CT molecular complexity index is 238. The van der Waals surface area contributed by atoms with E-state index in [0.29, 0.717) is 0 Å². The Morgan fingerprint density at radius 3 is 2.58 bits per heavy atom. The normalized spacial score (nSPS) is 21.8. The zero-order valence-electron chi connectivity index (χ0n) is 6.16. The van der Waals surface area contributed by atoms with Crippen LogP contribution in [0.2, 0.25) is 0 Å². The van der Waals surface area contributed by atoms with E-state index in [-0.39, 0.29) is 12.8 Å². The number of imide groups is 1. The topological polar surface area (TPSA) is 95.5 Å². The zero-order valence-corrected chi connectivity index (χ0v) is 6.16. The quantitative estimate of drug-likeness (QED) is 0.479. The highest BCUT2D eigenvalue weighted by atomic mass is 16.4. The van der Waals surface area contributed by atoms with E-state index >= 15 is 0 Å². The lowest BCUT2D eigenvalue weighted by molar-refractivity contribution is -0.137. The van der Waals surface area contributed by atoms with Gasteiger partial charge in [-0.15, -0.1) is 0 Å². The summed E-state index contributed by atoms with van der Waals surface area (Å²) in [5, 5.41) is 12.6. The lowest BCUT2D eigenvalue weighted by Crippen LogP contribution is -2.29. The first-order valence-corrected chi connectivity index (χ1v) is 3.43. The van der Waals surface area contributed by atoms with Crippen molar-refractivity contribution in [1.82, 2.24) is 10.6 Å². The maximum atomic E-state index is 10.8. The summed E-state index contributed by atoms with van der Waals surface area (Å²) in [6, 6.07) is -1.25. The molecule has 6 heteroatoms. The molecule has 1 rings (SSSR count). The van der Waals surface area contributed by atoms with E-state index in [1.165, 1.54) is 0 Å². The van der Waals surface area contributed by atoms with Crippen molar-refractivity contribution in [2.45, 2.75) is 18.9 Å². The van der Waals surface area contributed by atoms with E-state index in [1.807, 2.05) is 5.32 Å². The summed E-state index contributed by atoms with van der Waals surface area (Å²) >= 11 is 0. The molecule has 0 aromatic rings. The summed E-state index contributed by atoms with van der Waals surface area (Å²) in [6.07, 6.45) is 0.00523. The third kappa shape index (κ3) is 1.94. The van der Waals surface area contributed by atoms with Gasteiger partial charge in [-0.2, -0.15) is 0 Å². The van der Waals surface area contributed by atoms with Gasteiger partial charge in [-0.1, -0.05) is 0 Å². The van der Waals surface area contributed by atoms with Crippen LogP contribution in [0.3, 0.4) is 0 Å². The molecule has 1 atom stereocenters. The van der Waals surface area contributed by atoms with Crippen molar-refractivity contribution in [3.8, 4) is 0 Å². The van der Waals surface area contributed by atoms with Crippen molar-refractivity contribution in [2.75, 3.05) is 0 Å². The van der Waals surface area contributed by atoms with Crippen LogP contribution >= 0.6 is 0 Å². The van der Waals surface area contributed by atoms with Gasteiger partial charge in [0.25, 0.3) is 5.91 Å². The van der Waals surface area contributed by atoms with Crippen LogP contribution in [-0.2, 0) is 9.59 Å². The van der Waals surface area contributed by atoms with Gasteiger partial charge in [-0.25, -0.2) is 4.79 Å². The number of carboxylic acids is 1. The number of carbonyl (C=O) groups is 3. The van der Waals surface area contributed by atoms with Crippen LogP contribution in [0.1, 0.15) is 12.8 Å². The second-order valence-corrected chi connectivity index (χ2v) is 2.45. The van der Waals surface area contributed by atoms with E-state index in [0.717, 1.165) is 0 Å². The summed E-state index contributed by atoms with van der Waals surface area (Å²) in [5.74, 6) is -1.44. The number of aliphatic carboxylic acids is 1. The first-order chi connectivity index (χ1) is 5.59. The Hall–Kier alpha value is -1.59. The fourth-order valence-corrected chi connectivity index (χ4v) is 0.930. The van der Waals surface area contributed by atoms with E-state index < -0.39 is 23.9 Å². The monoisotopic (exact) mass is 172 g/mol. The molecule has 1 aliphatic heterocycles. The number of hydrogen-bond donors (Lipinski definition) is 3. The average Bonchev–Trinajstić information content (AvgIpc) is 2.26. The maximum absolute atomic E-state index is 10.8. The molecule has 66 valence electrons. The average molecular weight is 172 g/mol. The number of carboxylic acid groups (broad SMARTS) is 1. The number of urea groups is 1. The minimum Gasteiger partial charge on any atom is -0.481 e. The molecule has 0 bridgehead atoms. The molecule has 12 heavy (non-hydrogen) atoms. The molecule has 3 N–H and O–H groups in total. The summed E-state index contributed by atoms with van der Waals surface area (Å²) in [6.45, 7) is 0. The molecule has 3 amide bonds. The van der Waals surface area contributed by atoms with E-state index in [2.05, 4.69) is 5.32 Å². The number of nitrogens with one attached hydrogen (secondary N) is 2. The smallest absolute Gasteiger partial charge is 0.322 e. The minimum atomic E-state index is -0.982. The highest BCUT2D eigenvalue weighted by Crippen LogP contribution is 2.01. The van der Waals surface area contributed by atoms with Crippen molar-refractivity contribution < 1.29 is 19.5 Å². The van der Waals surface area contributed by atoms with E-state index in [9.17, 15) is 14.4 Å². The van der Waals surface area contributed by atoms with Gasteiger partial charge in [0.1, 0.15) is 6.04 Å². The van der Waals surface area contributed by atoms with Gasteiger partial charge in [0, 0.05) is 6.42 Å². The largest absolute Gasteiger partial charge is 0.481 e. The summed E-state index contributed by atoms with van der Waals surface area (Å²) in [7, 11) is 0. The molecule has 0 aromatic heterocycles. The number of hydrogen-bond acceptors (Lipinski definition) is 3. The maximum Gasteiger partial charge on any atom is 0.322 e. The van der Waals surface area contributed by atoms with Crippen LogP contribution in [0, 0.1) is 0 Å². The highest BCUT2D eigenvalue weighted by Gasteiger charge is 2.29. The van der Waals surface area contributed by atoms with E-state index in [1.54, 1.807) is 0 Å². The first-order valence-electron chi connectivity index (χ1n) is 3.43. The molecule has 0 aromatic carbocycles. The minimum absolute atomic E-state index is 0.127. The first kappa shape index (κ1) is 8.51. The van der Waals surface area contributed by atoms with Crippen molar-refractivity contribution in [3.63, 3.8) is 0 Å². The van der Waals surface area contributed by atoms with E-state index in [4.69, 9.17) is 5.11 Å². The van der Waals surface area contributed by atoms with Gasteiger partial charge in [0.15, 0.2) is 0 Å². The molecule has 0 spiro atoms. The second-order valence-electron chi connectivity index (χ2n) is 2.45. The summed E-state index contributed by atoms with van der Waals surface area (Å²) < 4.78 is 0. The van der Waals surface area contributed by atoms with Gasteiger partial charge >= 0.3 is 12.0 Å². The van der Waals surface area contributed by atoms with Crippen molar-refractivity contribution >= 4 is 17.9 Å². The predicted molar refractivity (Wildman–Crippen MR) is 37.3 cm³/mol. The molecule has 0 radical (unpaired) electrons. The van der Waals surface area contributed by atoms with Crippen LogP contribution in [-0.4, -0.2) is 29.1 Å². The van der Waals surface area contributed by atoms with Gasteiger partial charge in [-0.05, 0) is 6.42 Å².